The van der Waals surface area contributed by atoms with Gasteiger partial charge in [0.2, 0.25) is 0 Å². The van der Waals surface area contributed by atoms with Gasteiger partial charge >= 0.3 is 0 Å². The van der Waals surface area contributed by atoms with Crippen molar-refractivity contribution in [1.29, 1.82) is 0 Å². The number of hydrogen-bond donors (Lipinski definition) is 1. The largest absolute Gasteiger partial charge is 0.366 e. The molecule has 1 atom stereocenters. The first-order chi connectivity index (χ1) is 7.33. The summed E-state index contributed by atoms with van der Waals surface area (Å²) in [5.41, 5.74) is 7.01. The van der Waals surface area contributed by atoms with Crippen molar-refractivity contribution in [3.63, 3.8) is 0 Å². The predicted molar refractivity (Wildman–Crippen MR) is 66.8 cm³/mol. The molecular formula is C12H19NOS. The standard InChI is InChI=1S/C12H19NOS/c1-2-12(13)9-15-10-14-8-11-6-4-3-5-7-11/h3-7,12H,2,8-10,13H2,1H3. The van der Waals surface area contributed by atoms with Crippen LogP contribution < -0.4 is 5.73 Å². The highest BCUT2D eigenvalue weighted by atomic mass is 32.2. The van der Waals surface area contributed by atoms with Crippen molar-refractivity contribution in [2.75, 3.05) is 11.7 Å². The molecule has 0 aliphatic carbocycles. The molecule has 0 radical (unpaired) electrons. The van der Waals surface area contributed by atoms with Gasteiger partial charge in [-0.25, -0.2) is 0 Å². The van der Waals surface area contributed by atoms with E-state index in [1.54, 1.807) is 11.8 Å². The first-order valence-electron chi connectivity index (χ1n) is 5.28. The second kappa shape index (κ2) is 7.74. The van der Waals surface area contributed by atoms with Crippen molar-refractivity contribution in [3.05, 3.63) is 35.9 Å². The molecular weight excluding hydrogens is 206 g/mol. The zero-order chi connectivity index (χ0) is 10.9. The average molecular weight is 225 g/mol. The number of nitrogens with two attached hydrogens (primary N) is 1. The average Bonchev–Trinajstić information content (AvgIpc) is 2.29. The normalized spacial score (nSPS) is 12.7. The molecule has 1 aromatic carbocycles. The van der Waals surface area contributed by atoms with E-state index >= 15 is 0 Å². The van der Waals surface area contributed by atoms with Crippen LogP contribution in [0, 0.1) is 0 Å². The van der Waals surface area contributed by atoms with Gasteiger partial charge in [-0.15, -0.1) is 11.8 Å². The van der Waals surface area contributed by atoms with E-state index in [0.717, 1.165) is 18.1 Å². The Hall–Kier alpha value is -0.510. The molecule has 0 aromatic heterocycles. The third kappa shape index (κ3) is 5.82. The summed E-state index contributed by atoms with van der Waals surface area (Å²) in [5.74, 6) is 1.70. The summed E-state index contributed by atoms with van der Waals surface area (Å²) in [5, 5.41) is 0. The Bertz CT molecular complexity index is 253. The van der Waals surface area contributed by atoms with Gasteiger partial charge in [0, 0.05) is 11.8 Å². The summed E-state index contributed by atoms with van der Waals surface area (Å²) in [6.45, 7) is 2.80. The van der Waals surface area contributed by atoms with Crippen LogP contribution in [-0.2, 0) is 11.3 Å². The summed E-state index contributed by atoms with van der Waals surface area (Å²) >= 11 is 1.76. The zero-order valence-corrected chi connectivity index (χ0v) is 10.0. The number of benzene rings is 1. The number of ether oxygens (including phenoxy) is 1. The first kappa shape index (κ1) is 12.6. The minimum absolute atomic E-state index is 0.301. The predicted octanol–water partition coefficient (Wildman–Crippen LogP) is 2.63. The molecule has 1 rings (SSSR count). The minimum Gasteiger partial charge on any atom is -0.366 e. The van der Waals surface area contributed by atoms with E-state index in [1.807, 2.05) is 18.2 Å². The molecule has 0 aliphatic heterocycles. The molecule has 15 heavy (non-hydrogen) atoms. The molecule has 0 aliphatic rings. The topological polar surface area (TPSA) is 35.2 Å². The van der Waals surface area contributed by atoms with Gasteiger partial charge in [0.1, 0.15) is 0 Å². The fourth-order valence-electron chi connectivity index (χ4n) is 1.11. The Morgan fingerprint density at radius 1 is 1.33 bits per heavy atom. The van der Waals surface area contributed by atoms with Crippen molar-refractivity contribution in [2.24, 2.45) is 5.73 Å². The first-order valence-corrected chi connectivity index (χ1v) is 6.43. The minimum atomic E-state index is 0.301. The van der Waals surface area contributed by atoms with Gasteiger partial charge < -0.3 is 10.5 Å². The Labute approximate surface area is 96.2 Å². The molecule has 0 heterocycles. The summed E-state index contributed by atoms with van der Waals surface area (Å²) in [6.07, 6.45) is 1.03. The van der Waals surface area contributed by atoms with Gasteiger partial charge in [0.05, 0.1) is 12.5 Å². The Kier molecular flexibility index (Phi) is 6.48. The van der Waals surface area contributed by atoms with Gasteiger partial charge in [-0.05, 0) is 12.0 Å². The fraction of sp³-hybridized carbons (Fsp3) is 0.500. The van der Waals surface area contributed by atoms with E-state index in [4.69, 9.17) is 10.5 Å². The van der Waals surface area contributed by atoms with Crippen LogP contribution in [-0.4, -0.2) is 17.7 Å². The van der Waals surface area contributed by atoms with Crippen LogP contribution in [0.5, 0.6) is 0 Å². The molecule has 2 nitrogen and oxygen atoms in total. The molecule has 3 heteroatoms. The van der Waals surface area contributed by atoms with Crippen LogP contribution in [0.15, 0.2) is 30.3 Å². The third-order valence-electron chi connectivity index (χ3n) is 2.13. The highest BCUT2D eigenvalue weighted by Gasteiger charge is 1.98. The highest BCUT2D eigenvalue weighted by molar-refractivity contribution is 7.99. The number of hydrogen-bond acceptors (Lipinski definition) is 3. The van der Waals surface area contributed by atoms with Crippen LogP contribution in [0.2, 0.25) is 0 Å². The van der Waals surface area contributed by atoms with Gasteiger partial charge in [0.15, 0.2) is 0 Å². The molecule has 84 valence electrons. The Morgan fingerprint density at radius 2 is 2.07 bits per heavy atom. The van der Waals surface area contributed by atoms with E-state index in [2.05, 4.69) is 19.1 Å². The lowest BCUT2D eigenvalue weighted by atomic mass is 10.2. The SMILES string of the molecule is CCC(N)CSCOCc1ccccc1. The number of rotatable bonds is 7. The monoisotopic (exact) mass is 225 g/mol. The van der Waals surface area contributed by atoms with Gasteiger partial charge in [-0.2, -0.15) is 0 Å². The van der Waals surface area contributed by atoms with E-state index in [1.165, 1.54) is 5.56 Å². The maximum atomic E-state index is 5.79. The van der Waals surface area contributed by atoms with E-state index in [0.29, 0.717) is 12.6 Å². The molecule has 0 fully saturated rings. The summed E-state index contributed by atoms with van der Waals surface area (Å²) < 4.78 is 5.52. The summed E-state index contributed by atoms with van der Waals surface area (Å²) in [7, 11) is 0. The van der Waals surface area contributed by atoms with Crippen molar-refractivity contribution in [1.82, 2.24) is 0 Å². The van der Waals surface area contributed by atoms with E-state index in [-0.39, 0.29) is 0 Å². The van der Waals surface area contributed by atoms with Gasteiger partial charge in [-0.1, -0.05) is 37.3 Å². The van der Waals surface area contributed by atoms with Crippen LogP contribution in [0.1, 0.15) is 18.9 Å². The van der Waals surface area contributed by atoms with Crippen LogP contribution >= 0.6 is 11.8 Å². The molecule has 2 N–H and O–H groups in total. The second-order valence-electron chi connectivity index (χ2n) is 3.49. The molecule has 0 saturated carbocycles. The third-order valence-corrected chi connectivity index (χ3v) is 3.13. The molecule has 0 saturated heterocycles. The summed E-state index contributed by atoms with van der Waals surface area (Å²) in [4.78, 5) is 0. The van der Waals surface area contributed by atoms with Crippen molar-refractivity contribution >= 4 is 11.8 Å². The molecule has 1 unspecified atom stereocenters. The lowest BCUT2D eigenvalue weighted by Gasteiger charge is -2.08. The van der Waals surface area contributed by atoms with Crippen LogP contribution in [0.25, 0.3) is 0 Å². The zero-order valence-electron chi connectivity index (χ0n) is 9.19. The molecule has 0 spiro atoms. The quantitative estimate of drug-likeness (QED) is 0.572. The lowest BCUT2D eigenvalue weighted by molar-refractivity contribution is 0.169. The maximum Gasteiger partial charge on any atom is 0.0926 e. The molecule has 0 amide bonds. The van der Waals surface area contributed by atoms with Gasteiger partial charge in [0.25, 0.3) is 0 Å². The molecule has 0 bridgehead atoms. The lowest BCUT2D eigenvalue weighted by Crippen LogP contribution is -2.21. The molecule has 1 aromatic rings. The van der Waals surface area contributed by atoms with Crippen molar-refractivity contribution in [2.45, 2.75) is 26.0 Å². The Balaban J connectivity index is 2.03. The van der Waals surface area contributed by atoms with Crippen molar-refractivity contribution < 1.29 is 4.74 Å². The summed E-state index contributed by atoms with van der Waals surface area (Å²) in [6, 6.07) is 10.5. The number of thioether (sulfide) groups is 1. The van der Waals surface area contributed by atoms with Gasteiger partial charge in [-0.3, -0.25) is 0 Å². The van der Waals surface area contributed by atoms with Crippen molar-refractivity contribution in [3.8, 4) is 0 Å². The maximum absolute atomic E-state index is 5.79. The van der Waals surface area contributed by atoms with E-state index < -0.39 is 0 Å². The van der Waals surface area contributed by atoms with E-state index in [9.17, 15) is 0 Å². The smallest absolute Gasteiger partial charge is 0.0926 e. The Morgan fingerprint density at radius 3 is 2.73 bits per heavy atom. The van der Waals surface area contributed by atoms with Crippen LogP contribution in [0.4, 0.5) is 0 Å². The second-order valence-corrected chi connectivity index (χ2v) is 4.47. The van der Waals surface area contributed by atoms with Crippen LogP contribution in [0.3, 0.4) is 0 Å². The highest BCUT2D eigenvalue weighted by Crippen LogP contribution is 2.07. The fourth-order valence-corrected chi connectivity index (χ4v) is 1.95.